The van der Waals surface area contributed by atoms with Gasteiger partial charge in [0, 0.05) is 6.20 Å². The van der Waals surface area contributed by atoms with Crippen LogP contribution in [-0.4, -0.2) is 10.2 Å². The van der Waals surface area contributed by atoms with E-state index in [0.717, 1.165) is 10.6 Å². The highest BCUT2D eigenvalue weighted by Crippen LogP contribution is 2.22. The lowest BCUT2D eigenvalue weighted by molar-refractivity contribution is 0.108. The first-order valence-electron chi connectivity index (χ1n) is 3.97. The van der Waals surface area contributed by atoms with Crippen molar-refractivity contribution in [2.45, 2.75) is 0 Å². The van der Waals surface area contributed by atoms with Gasteiger partial charge in [-0.1, -0.05) is 6.07 Å². The summed E-state index contributed by atoms with van der Waals surface area (Å²) in [5, 5.41) is 1.51. The van der Waals surface area contributed by atoms with E-state index in [2.05, 4.69) is 4.98 Å². The Bertz CT molecular complexity index is 436. The van der Waals surface area contributed by atoms with E-state index < -0.39 is 5.24 Å². The minimum atomic E-state index is -0.477. The molecule has 0 bridgehead atoms. The summed E-state index contributed by atoms with van der Waals surface area (Å²) in [6, 6.07) is 7.41. The Morgan fingerprint density at radius 1 is 1.36 bits per heavy atom. The van der Waals surface area contributed by atoms with Gasteiger partial charge in [-0.3, -0.25) is 9.78 Å². The molecular formula is C10H6ClNOS. The predicted molar refractivity (Wildman–Crippen MR) is 57.7 cm³/mol. The predicted octanol–water partition coefficient (Wildman–Crippen LogP) is 3.19. The number of halogens is 1. The minimum absolute atomic E-state index is 0.423. The van der Waals surface area contributed by atoms with Crippen molar-refractivity contribution in [3.63, 3.8) is 0 Å². The van der Waals surface area contributed by atoms with Crippen LogP contribution >= 0.6 is 22.9 Å². The molecule has 0 saturated carbocycles. The quantitative estimate of drug-likeness (QED) is 0.732. The van der Waals surface area contributed by atoms with Gasteiger partial charge in [0.05, 0.1) is 16.1 Å². The van der Waals surface area contributed by atoms with Crippen LogP contribution in [-0.2, 0) is 0 Å². The molecule has 14 heavy (non-hydrogen) atoms. The third kappa shape index (κ3) is 1.84. The topological polar surface area (TPSA) is 30.0 Å². The molecule has 0 aliphatic rings. The lowest BCUT2D eigenvalue weighted by Crippen LogP contribution is -1.90. The summed E-state index contributed by atoms with van der Waals surface area (Å²) >= 11 is 6.91. The van der Waals surface area contributed by atoms with E-state index in [4.69, 9.17) is 11.6 Å². The summed E-state index contributed by atoms with van der Waals surface area (Å²) in [5.41, 5.74) is 1.29. The second kappa shape index (κ2) is 3.90. The number of carbonyl (C=O) groups is 1. The Morgan fingerprint density at radius 3 is 2.71 bits per heavy atom. The lowest BCUT2D eigenvalue weighted by Gasteiger charge is -1.96. The van der Waals surface area contributed by atoms with Gasteiger partial charge in [0.25, 0.3) is 5.24 Å². The van der Waals surface area contributed by atoms with Gasteiger partial charge < -0.3 is 0 Å². The molecule has 0 amide bonds. The maximum Gasteiger partial charge on any atom is 0.253 e. The Kier molecular flexibility index (Phi) is 2.61. The van der Waals surface area contributed by atoms with E-state index in [1.165, 1.54) is 6.20 Å². The van der Waals surface area contributed by atoms with Gasteiger partial charge in [-0.25, -0.2) is 0 Å². The summed E-state index contributed by atoms with van der Waals surface area (Å²) in [6.45, 7) is 0. The fourth-order valence-electron chi connectivity index (χ4n) is 1.08. The van der Waals surface area contributed by atoms with Crippen molar-refractivity contribution in [1.29, 1.82) is 0 Å². The number of thiophene rings is 1. The number of carbonyl (C=O) groups excluding carboxylic acids is 1. The van der Waals surface area contributed by atoms with Crippen LogP contribution in [0.4, 0.5) is 0 Å². The van der Waals surface area contributed by atoms with Crippen molar-refractivity contribution in [2.75, 3.05) is 0 Å². The third-order valence-corrected chi connectivity index (χ3v) is 2.87. The van der Waals surface area contributed by atoms with Gasteiger partial charge in [0.2, 0.25) is 0 Å². The maximum absolute atomic E-state index is 10.8. The molecule has 0 radical (unpaired) electrons. The molecule has 2 aromatic rings. The van der Waals surface area contributed by atoms with Crippen LogP contribution in [0.5, 0.6) is 0 Å². The van der Waals surface area contributed by atoms with E-state index in [1.54, 1.807) is 23.5 Å². The first kappa shape index (κ1) is 9.37. The standard InChI is InChI=1S/C10H6ClNOS/c11-10(13)7-3-4-8(12-6-7)9-2-1-5-14-9/h1-6H. The molecule has 0 aromatic carbocycles. The number of aromatic nitrogens is 1. The van der Waals surface area contributed by atoms with Crippen molar-refractivity contribution in [3.8, 4) is 10.6 Å². The molecule has 0 N–H and O–H groups in total. The Balaban J connectivity index is 2.36. The van der Waals surface area contributed by atoms with Crippen molar-refractivity contribution in [2.24, 2.45) is 0 Å². The van der Waals surface area contributed by atoms with Gasteiger partial charge in [-0.15, -0.1) is 11.3 Å². The van der Waals surface area contributed by atoms with Crippen molar-refractivity contribution < 1.29 is 4.79 Å². The zero-order valence-corrected chi connectivity index (χ0v) is 8.68. The largest absolute Gasteiger partial charge is 0.276 e. The summed E-state index contributed by atoms with van der Waals surface area (Å²) in [4.78, 5) is 16.0. The summed E-state index contributed by atoms with van der Waals surface area (Å²) in [7, 11) is 0. The number of pyridine rings is 1. The van der Waals surface area contributed by atoms with Gasteiger partial charge in [0.1, 0.15) is 0 Å². The average Bonchev–Trinajstić information content (AvgIpc) is 2.71. The fourth-order valence-corrected chi connectivity index (χ4v) is 1.89. The van der Waals surface area contributed by atoms with Crippen molar-refractivity contribution >= 4 is 28.2 Å². The van der Waals surface area contributed by atoms with Crippen LogP contribution in [0.15, 0.2) is 35.8 Å². The second-order valence-electron chi connectivity index (χ2n) is 2.68. The van der Waals surface area contributed by atoms with Crippen molar-refractivity contribution in [3.05, 3.63) is 41.4 Å². The highest BCUT2D eigenvalue weighted by atomic mass is 35.5. The van der Waals surface area contributed by atoms with E-state index in [9.17, 15) is 4.79 Å². The second-order valence-corrected chi connectivity index (χ2v) is 3.97. The molecule has 0 fully saturated rings. The molecule has 2 nitrogen and oxygen atoms in total. The maximum atomic E-state index is 10.8. The summed E-state index contributed by atoms with van der Waals surface area (Å²) in [5.74, 6) is 0. The molecule has 70 valence electrons. The van der Waals surface area contributed by atoms with Gasteiger partial charge in [0.15, 0.2) is 0 Å². The monoisotopic (exact) mass is 223 g/mol. The molecule has 2 rings (SSSR count). The van der Waals surface area contributed by atoms with E-state index in [0.29, 0.717) is 5.56 Å². The Morgan fingerprint density at radius 2 is 2.21 bits per heavy atom. The molecule has 2 heterocycles. The normalized spacial score (nSPS) is 10.1. The van der Waals surface area contributed by atoms with E-state index >= 15 is 0 Å². The Hall–Kier alpha value is -1.19. The first-order chi connectivity index (χ1) is 6.77. The van der Waals surface area contributed by atoms with E-state index in [1.807, 2.05) is 17.5 Å². The summed E-state index contributed by atoms with van der Waals surface area (Å²) < 4.78 is 0. The van der Waals surface area contributed by atoms with Crippen molar-refractivity contribution in [1.82, 2.24) is 4.98 Å². The number of hydrogen-bond acceptors (Lipinski definition) is 3. The van der Waals surface area contributed by atoms with Crippen LogP contribution in [0.1, 0.15) is 10.4 Å². The minimum Gasteiger partial charge on any atom is -0.276 e. The fraction of sp³-hybridized carbons (Fsp3) is 0. The van der Waals surface area contributed by atoms with Crippen LogP contribution < -0.4 is 0 Å². The van der Waals surface area contributed by atoms with E-state index in [-0.39, 0.29) is 0 Å². The molecule has 4 heteroatoms. The number of rotatable bonds is 2. The van der Waals surface area contributed by atoms with Crippen LogP contribution in [0.3, 0.4) is 0 Å². The van der Waals surface area contributed by atoms with Crippen LogP contribution in [0.2, 0.25) is 0 Å². The molecule has 2 aromatic heterocycles. The highest BCUT2D eigenvalue weighted by molar-refractivity contribution is 7.13. The van der Waals surface area contributed by atoms with Gasteiger partial charge >= 0.3 is 0 Å². The number of nitrogens with zero attached hydrogens (tertiary/aromatic N) is 1. The summed E-state index contributed by atoms with van der Waals surface area (Å²) in [6.07, 6.45) is 1.49. The van der Waals surface area contributed by atoms with Gasteiger partial charge in [-0.05, 0) is 35.2 Å². The lowest BCUT2D eigenvalue weighted by atomic mass is 10.2. The molecule has 0 aliphatic heterocycles. The zero-order chi connectivity index (χ0) is 9.97. The molecule has 0 spiro atoms. The SMILES string of the molecule is O=C(Cl)c1ccc(-c2cccs2)nc1. The zero-order valence-electron chi connectivity index (χ0n) is 7.11. The molecule has 0 atom stereocenters. The van der Waals surface area contributed by atoms with Gasteiger partial charge in [-0.2, -0.15) is 0 Å². The molecule has 0 aliphatic carbocycles. The Labute approximate surface area is 90.2 Å². The third-order valence-electron chi connectivity index (χ3n) is 1.76. The molecular weight excluding hydrogens is 218 g/mol. The average molecular weight is 224 g/mol. The smallest absolute Gasteiger partial charge is 0.253 e. The first-order valence-corrected chi connectivity index (χ1v) is 5.23. The molecule has 0 unspecified atom stereocenters. The molecule has 0 saturated heterocycles. The van der Waals surface area contributed by atoms with Crippen LogP contribution in [0.25, 0.3) is 10.6 Å². The highest BCUT2D eigenvalue weighted by Gasteiger charge is 2.03. The van der Waals surface area contributed by atoms with Crippen LogP contribution in [0, 0.1) is 0 Å². The number of hydrogen-bond donors (Lipinski definition) is 0.